The number of nitrogens with zero attached hydrogens (tertiary/aromatic N) is 3. The van der Waals surface area contributed by atoms with Crippen molar-refractivity contribution in [2.45, 2.75) is 31.2 Å². The summed E-state index contributed by atoms with van der Waals surface area (Å²) in [6, 6.07) is 9.73. The molecule has 3 amide bonds. The number of ketones is 1. The minimum absolute atomic E-state index is 0.0670. The van der Waals surface area contributed by atoms with Crippen LogP contribution < -0.4 is 10.6 Å². The fraction of sp³-hybridized carbons (Fsp3) is 0.385. The van der Waals surface area contributed by atoms with E-state index in [1.165, 1.54) is 43.0 Å². The first-order valence-electron chi connectivity index (χ1n) is 12.6. The van der Waals surface area contributed by atoms with Crippen LogP contribution in [0.4, 0.5) is 10.5 Å². The average Bonchev–Trinajstić information content (AvgIpc) is 3.36. The number of morpholine rings is 1. The number of carbonyl (C=O) groups excluding carboxylic acids is 3. The lowest BCUT2D eigenvalue weighted by molar-refractivity contribution is -0.385. The van der Waals surface area contributed by atoms with Crippen molar-refractivity contribution in [2.24, 2.45) is 0 Å². The molecule has 1 atom stereocenters. The van der Waals surface area contributed by atoms with Gasteiger partial charge in [-0.3, -0.25) is 19.7 Å². The molecule has 1 aromatic heterocycles. The van der Waals surface area contributed by atoms with Crippen LogP contribution in [0.25, 0.3) is 11.1 Å². The van der Waals surface area contributed by atoms with Crippen LogP contribution in [-0.2, 0) is 25.1 Å². The van der Waals surface area contributed by atoms with Gasteiger partial charge in [0.1, 0.15) is 17.1 Å². The Kier molecular flexibility index (Phi) is 8.68. The summed E-state index contributed by atoms with van der Waals surface area (Å²) in [7, 11) is -4.20. The highest BCUT2D eigenvalue weighted by atomic mass is 32.2. The molecule has 0 saturated carbocycles. The largest absolute Gasteiger partial charge is 0.434 e. The number of benzene rings is 2. The fourth-order valence-electron chi connectivity index (χ4n) is 4.24. The van der Waals surface area contributed by atoms with E-state index in [2.05, 4.69) is 15.6 Å². The molecular formula is C26H29N5O9S. The second-order valence-electron chi connectivity index (χ2n) is 9.97. The zero-order valence-electron chi connectivity index (χ0n) is 22.4. The summed E-state index contributed by atoms with van der Waals surface area (Å²) in [6.45, 7) is 3.78. The minimum atomic E-state index is -4.20. The van der Waals surface area contributed by atoms with Crippen molar-refractivity contribution in [2.75, 3.05) is 32.1 Å². The monoisotopic (exact) mass is 587 g/mol. The number of amides is 3. The van der Waals surface area contributed by atoms with Crippen LogP contribution in [0.1, 0.15) is 30.1 Å². The Labute approximate surface area is 235 Å². The molecule has 0 radical (unpaired) electrons. The Morgan fingerprint density at radius 1 is 1.10 bits per heavy atom. The summed E-state index contributed by atoms with van der Waals surface area (Å²) in [5.41, 5.74) is -1.26. The van der Waals surface area contributed by atoms with E-state index in [1.54, 1.807) is 24.3 Å². The van der Waals surface area contributed by atoms with Gasteiger partial charge in [0.2, 0.25) is 11.7 Å². The van der Waals surface area contributed by atoms with Crippen molar-refractivity contribution in [1.29, 1.82) is 0 Å². The molecule has 1 aliphatic heterocycles. The molecule has 0 spiro atoms. The van der Waals surface area contributed by atoms with Crippen LogP contribution in [0.3, 0.4) is 0 Å². The number of sulfone groups is 1. The number of para-hydroxylation sites is 3. The number of fused-ring (bicyclic) bond motifs is 1. The molecule has 0 bridgehead atoms. The van der Waals surface area contributed by atoms with E-state index in [0.29, 0.717) is 11.1 Å². The van der Waals surface area contributed by atoms with E-state index in [4.69, 9.17) is 9.15 Å². The van der Waals surface area contributed by atoms with Crippen LogP contribution in [-0.4, -0.2) is 84.6 Å². The van der Waals surface area contributed by atoms with Crippen molar-refractivity contribution in [1.82, 2.24) is 20.5 Å². The number of nitro benzene ring substituents is 1. The first-order chi connectivity index (χ1) is 19.4. The van der Waals surface area contributed by atoms with Crippen molar-refractivity contribution < 1.29 is 36.9 Å². The quantitative estimate of drug-likeness (QED) is 0.201. The number of nitrogens with one attached hydrogen (secondary N) is 2. The molecule has 2 aromatic carbocycles. The Morgan fingerprint density at radius 2 is 1.76 bits per heavy atom. The van der Waals surface area contributed by atoms with Gasteiger partial charge in [-0.2, -0.15) is 0 Å². The van der Waals surface area contributed by atoms with Gasteiger partial charge in [-0.05, 0) is 26.0 Å². The van der Waals surface area contributed by atoms with E-state index in [-0.39, 0.29) is 43.4 Å². The summed E-state index contributed by atoms with van der Waals surface area (Å²) >= 11 is 0. The maximum atomic E-state index is 13.4. The molecule has 1 saturated heterocycles. The van der Waals surface area contributed by atoms with E-state index >= 15 is 0 Å². The van der Waals surface area contributed by atoms with Gasteiger partial charge in [-0.25, -0.2) is 18.2 Å². The molecule has 1 fully saturated rings. The second kappa shape index (κ2) is 12.0. The number of aromatic nitrogens is 1. The Morgan fingerprint density at radius 3 is 2.44 bits per heavy atom. The predicted molar refractivity (Wildman–Crippen MR) is 146 cm³/mol. The zero-order chi connectivity index (χ0) is 29.8. The number of hydrogen-bond acceptors (Lipinski definition) is 10. The first-order valence-corrected chi connectivity index (χ1v) is 14.5. The summed E-state index contributed by atoms with van der Waals surface area (Å²) in [5.74, 6) is -3.51. The lowest BCUT2D eigenvalue weighted by Crippen LogP contribution is -2.60. The zero-order valence-corrected chi connectivity index (χ0v) is 23.2. The number of oxazole rings is 1. The minimum Gasteiger partial charge on any atom is -0.434 e. The van der Waals surface area contributed by atoms with Gasteiger partial charge in [-0.1, -0.05) is 30.3 Å². The summed E-state index contributed by atoms with van der Waals surface area (Å²) in [6.07, 6.45) is 0. The molecule has 0 aliphatic carbocycles. The summed E-state index contributed by atoms with van der Waals surface area (Å²) in [4.78, 5) is 55.8. The van der Waals surface area contributed by atoms with Crippen LogP contribution in [0.2, 0.25) is 0 Å². The summed E-state index contributed by atoms with van der Waals surface area (Å²) in [5, 5.41) is 16.3. The highest BCUT2D eigenvalue weighted by Crippen LogP contribution is 2.22. The van der Waals surface area contributed by atoms with E-state index in [1.807, 2.05) is 0 Å². The Balaban J connectivity index is 1.56. The third kappa shape index (κ3) is 7.24. The molecule has 4 rings (SSSR count). The van der Waals surface area contributed by atoms with Gasteiger partial charge in [0.25, 0.3) is 11.6 Å². The van der Waals surface area contributed by atoms with Gasteiger partial charge in [0.15, 0.2) is 15.4 Å². The molecule has 2 heterocycles. The number of Topliss-reactive ketones (excluding diaryl/α,β-unsaturated/α-hetero) is 1. The first kappa shape index (κ1) is 29.6. The SMILES string of the molecule is CC(C)(NC(=O)C(CS(=O)(=O)Cc1ccccc1[N+](=O)[O-])NC(=O)N1CCOCC1)C(=O)c1nc2ccccc2o1. The van der Waals surface area contributed by atoms with E-state index < -0.39 is 55.6 Å². The molecule has 218 valence electrons. The van der Waals surface area contributed by atoms with Crippen molar-refractivity contribution >= 4 is 44.3 Å². The van der Waals surface area contributed by atoms with Gasteiger partial charge in [0.05, 0.1) is 29.6 Å². The summed E-state index contributed by atoms with van der Waals surface area (Å²) < 4.78 is 37.1. The second-order valence-corrected chi connectivity index (χ2v) is 12.1. The molecular weight excluding hydrogens is 558 g/mol. The van der Waals surface area contributed by atoms with E-state index in [0.717, 1.165) is 0 Å². The third-order valence-electron chi connectivity index (χ3n) is 6.39. The highest BCUT2D eigenvalue weighted by Gasteiger charge is 2.38. The van der Waals surface area contributed by atoms with Crippen LogP contribution in [0.5, 0.6) is 0 Å². The normalized spacial score (nSPS) is 14.8. The number of ether oxygens (including phenoxy) is 1. The third-order valence-corrected chi connectivity index (χ3v) is 7.98. The van der Waals surface area contributed by atoms with Gasteiger partial charge in [-0.15, -0.1) is 0 Å². The lowest BCUT2D eigenvalue weighted by Gasteiger charge is -2.30. The number of rotatable bonds is 10. The van der Waals surface area contributed by atoms with Gasteiger partial charge < -0.3 is 24.7 Å². The molecule has 1 aliphatic rings. The predicted octanol–water partition coefficient (Wildman–Crippen LogP) is 1.84. The van der Waals surface area contributed by atoms with Gasteiger partial charge >= 0.3 is 6.03 Å². The average molecular weight is 588 g/mol. The molecule has 14 nitrogen and oxygen atoms in total. The van der Waals surface area contributed by atoms with Crippen molar-refractivity contribution in [3.05, 3.63) is 70.1 Å². The van der Waals surface area contributed by atoms with Gasteiger partial charge in [0, 0.05) is 24.7 Å². The highest BCUT2D eigenvalue weighted by molar-refractivity contribution is 7.90. The van der Waals surface area contributed by atoms with Crippen LogP contribution in [0.15, 0.2) is 52.9 Å². The lowest BCUT2D eigenvalue weighted by atomic mass is 9.98. The fourth-order valence-corrected chi connectivity index (χ4v) is 5.82. The topological polar surface area (TPSA) is 191 Å². The number of urea groups is 1. The van der Waals surface area contributed by atoms with Crippen LogP contribution in [0, 0.1) is 10.1 Å². The Hall–Kier alpha value is -4.37. The van der Waals surface area contributed by atoms with Crippen molar-refractivity contribution in [3.8, 4) is 0 Å². The van der Waals surface area contributed by atoms with Crippen molar-refractivity contribution in [3.63, 3.8) is 0 Å². The maximum absolute atomic E-state index is 13.4. The molecule has 3 aromatic rings. The van der Waals surface area contributed by atoms with E-state index in [9.17, 15) is 32.9 Å². The molecule has 1 unspecified atom stereocenters. The maximum Gasteiger partial charge on any atom is 0.318 e. The number of carbonyl (C=O) groups is 3. The standard InChI is InChI=1S/C26H29N5O9S/c1-26(2,22(32)24-27-18-8-4-6-10-21(18)40-24)29-23(33)19(28-25(34)30-11-13-39-14-12-30)16-41(37,38)15-17-7-3-5-9-20(17)31(35)36/h3-10,19H,11-16H2,1-2H3,(H,28,34)(H,29,33). The number of hydrogen-bond donors (Lipinski definition) is 2. The number of nitro groups is 1. The smallest absolute Gasteiger partial charge is 0.318 e. The molecule has 41 heavy (non-hydrogen) atoms. The van der Waals surface area contributed by atoms with Crippen LogP contribution >= 0.6 is 0 Å². The molecule has 15 heteroatoms. The molecule has 2 N–H and O–H groups in total. The Bertz CT molecular complexity index is 1550.